The molecule has 0 fully saturated rings. The van der Waals surface area contributed by atoms with Gasteiger partial charge in [-0.2, -0.15) is 38.3 Å². The van der Waals surface area contributed by atoms with Crippen LogP contribution < -0.4 is 29.9 Å². The first-order chi connectivity index (χ1) is 24.2. The lowest BCUT2D eigenvalue weighted by Crippen LogP contribution is -2.31. The fourth-order valence-corrected chi connectivity index (χ4v) is 4.59. The summed E-state index contributed by atoms with van der Waals surface area (Å²) in [7, 11) is -4.48. The van der Waals surface area contributed by atoms with E-state index in [4.69, 9.17) is 14.7 Å². The molecule has 0 aliphatic carbocycles. The average Bonchev–Trinajstić information content (AvgIpc) is 3.10. The van der Waals surface area contributed by atoms with E-state index in [0.29, 0.717) is 22.8 Å². The van der Waals surface area contributed by atoms with Gasteiger partial charge >= 0.3 is 12.0 Å². The molecule has 0 aliphatic rings. The first-order valence-electron chi connectivity index (χ1n) is 14.3. The Balaban J connectivity index is 1.70. The zero-order valence-electron chi connectivity index (χ0n) is 25.8. The monoisotopic (exact) mass is 744 g/mol. The minimum atomic E-state index is -4.48. The molecule has 26 heteroatoms. The summed E-state index contributed by atoms with van der Waals surface area (Å²) in [5.41, 5.74) is 0. The Bertz CT molecular complexity index is 1790. The maximum Gasteiger partial charge on any atom is 0.330 e. The largest absolute Gasteiger partial charge is 0.403 e. The molecular formula is C24H32N12O12S2. The van der Waals surface area contributed by atoms with Crippen molar-refractivity contribution in [2.45, 2.75) is 0 Å². The van der Waals surface area contributed by atoms with E-state index in [9.17, 15) is 33.4 Å². The minimum Gasteiger partial charge on any atom is -0.403 e. The Morgan fingerprint density at radius 3 is 1.58 bits per heavy atom. The number of aromatic nitrogens is 8. The summed E-state index contributed by atoms with van der Waals surface area (Å²) in [4.78, 5) is 28.0. The van der Waals surface area contributed by atoms with Crippen LogP contribution in [0.3, 0.4) is 0 Å². The summed E-state index contributed by atoms with van der Waals surface area (Å²) in [5.74, 6) is -1.55. The standard InChI is InChI=1S/C24H32N12O12S2/c37-9-5-35(6-10-38)21-27-19(25-13-49-48-47-41)29-23(31-21)45-17-15-3-1-2-4-16(15)18(34-33-17)46-24-30-20(26-14-50(42,43)44)28-22(32-24)36(7-11-39)8-12-40/h1-4,37-41H,5-14H2,(H,42,43,44)(H,25,27,29,31)(H,26,28,30,32). The first kappa shape index (κ1) is 38.2. The highest BCUT2D eigenvalue weighted by atomic mass is 32.2. The number of nitrogens with one attached hydrogen (secondary N) is 2. The van der Waals surface area contributed by atoms with Gasteiger partial charge in [0.15, 0.2) is 0 Å². The third-order valence-corrected chi connectivity index (χ3v) is 6.96. The molecule has 0 amide bonds. The van der Waals surface area contributed by atoms with Crippen molar-refractivity contribution >= 4 is 56.7 Å². The van der Waals surface area contributed by atoms with Crippen molar-refractivity contribution in [2.24, 2.45) is 0 Å². The van der Waals surface area contributed by atoms with Crippen LogP contribution in [-0.4, -0.2) is 143 Å². The SMILES string of the molecule is O=S(=O)(O)CNc1nc(Oc2nnc(Oc3nc(NCSOOO)nc(N(CCO)CCO)n3)c3ccccc23)nc(N(CCO)CCO)n1. The van der Waals surface area contributed by atoms with Gasteiger partial charge in [0.1, 0.15) is 5.88 Å². The van der Waals surface area contributed by atoms with E-state index in [1.54, 1.807) is 24.3 Å². The zero-order valence-corrected chi connectivity index (χ0v) is 27.4. The molecule has 3 heterocycles. The van der Waals surface area contributed by atoms with Crippen LogP contribution in [0.4, 0.5) is 23.8 Å². The topological polar surface area (TPSA) is 326 Å². The molecule has 0 bridgehead atoms. The second kappa shape index (κ2) is 18.9. The van der Waals surface area contributed by atoms with Crippen LogP contribution in [0.2, 0.25) is 0 Å². The molecule has 4 rings (SSSR count). The lowest BCUT2D eigenvalue weighted by Gasteiger charge is -2.21. The summed E-state index contributed by atoms with van der Waals surface area (Å²) in [5, 5.41) is 63.9. The number of aliphatic hydroxyl groups excluding tert-OH is 4. The Labute approximate surface area is 286 Å². The van der Waals surface area contributed by atoms with Crippen LogP contribution in [0.15, 0.2) is 24.3 Å². The van der Waals surface area contributed by atoms with Gasteiger partial charge in [0.25, 0.3) is 21.9 Å². The van der Waals surface area contributed by atoms with Gasteiger partial charge in [0.2, 0.25) is 23.8 Å². The van der Waals surface area contributed by atoms with E-state index in [2.05, 4.69) is 60.1 Å². The molecule has 0 saturated carbocycles. The van der Waals surface area contributed by atoms with Gasteiger partial charge in [0, 0.05) is 26.2 Å². The molecule has 272 valence electrons. The van der Waals surface area contributed by atoms with E-state index >= 15 is 0 Å². The van der Waals surface area contributed by atoms with E-state index in [1.165, 1.54) is 9.80 Å². The molecule has 0 spiro atoms. The lowest BCUT2D eigenvalue weighted by atomic mass is 10.2. The van der Waals surface area contributed by atoms with Gasteiger partial charge < -0.3 is 50.3 Å². The zero-order chi connectivity index (χ0) is 35.9. The van der Waals surface area contributed by atoms with Crippen molar-refractivity contribution in [1.29, 1.82) is 0 Å². The number of anilines is 4. The highest BCUT2D eigenvalue weighted by Gasteiger charge is 2.21. The second-order valence-electron chi connectivity index (χ2n) is 9.40. The number of rotatable bonds is 22. The number of hydrogen-bond donors (Lipinski definition) is 8. The normalized spacial score (nSPS) is 11.4. The second-order valence-corrected chi connectivity index (χ2v) is 11.5. The predicted molar refractivity (Wildman–Crippen MR) is 173 cm³/mol. The third-order valence-electron chi connectivity index (χ3n) is 6.03. The van der Waals surface area contributed by atoms with Crippen LogP contribution in [0.5, 0.6) is 23.8 Å². The van der Waals surface area contributed by atoms with Gasteiger partial charge in [-0.1, -0.05) is 17.2 Å². The van der Waals surface area contributed by atoms with Crippen molar-refractivity contribution < 1.29 is 57.5 Å². The third kappa shape index (κ3) is 11.2. The quantitative estimate of drug-likeness (QED) is 0.0118. The van der Waals surface area contributed by atoms with Gasteiger partial charge in [-0.25, -0.2) is 5.26 Å². The molecule has 50 heavy (non-hydrogen) atoms. The molecule has 0 aliphatic heterocycles. The summed E-state index contributed by atoms with van der Waals surface area (Å²) < 4.78 is 48.0. The number of benzene rings is 1. The van der Waals surface area contributed by atoms with Crippen LogP contribution in [0, 0.1) is 0 Å². The van der Waals surface area contributed by atoms with Gasteiger partial charge in [-0.15, -0.1) is 14.5 Å². The first-order valence-corrected chi connectivity index (χ1v) is 16.8. The molecule has 24 nitrogen and oxygen atoms in total. The van der Waals surface area contributed by atoms with E-state index in [0.717, 1.165) is 0 Å². The number of hydrogen-bond acceptors (Lipinski definition) is 24. The smallest absolute Gasteiger partial charge is 0.330 e. The van der Waals surface area contributed by atoms with Crippen molar-refractivity contribution in [1.82, 2.24) is 40.1 Å². The van der Waals surface area contributed by atoms with Crippen LogP contribution >= 0.6 is 12.0 Å². The van der Waals surface area contributed by atoms with Crippen LogP contribution in [0.1, 0.15) is 0 Å². The number of aliphatic hydroxyl groups is 4. The highest BCUT2D eigenvalue weighted by molar-refractivity contribution is 7.94. The Morgan fingerprint density at radius 2 is 1.16 bits per heavy atom. The number of fused-ring (bicyclic) bond motifs is 1. The predicted octanol–water partition coefficient (Wildman–Crippen LogP) is -1.14. The average molecular weight is 745 g/mol. The maximum absolute atomic E-state index is 11.3. The van der Waals surface area contributed by atoms with E-state index < -0.39 is 16.0 Å². The van der Waals surface area contributed by atoms with Crippen LogP contribution in [-0.2, 0) is 19.5 Å². The Morgan fingerprint density at radius 1 is 0.700 bits per heavy atom. The van der Waals surface area contributed by atoms with E-state index in [-0.39, 0.29) is 106 Å². The number of nitrogens with zero attached hydrogens (tertiary/aromatic N) is 10. The maximum atomic E-state index is 11.3. The minimum absolute atomic E-state index is 0.00181. The Hall–Kier alpha value is -4.64. The Kier molecular flexibility index (Phi) is 14.5. The van der Waals surface area contributed by atoms with Gasteiger partial charge in [0.05, 0.1) is 55.1 Å². The van der Waals surface area contributed by atoms with Crippen molar-refractivity contribution in [3.63, 3.8) is 0 Å². The molecule has 3 aromatic heterocycles. The van der Waals surface area contributed by atoms with Gasteiger partial charge in [-0.3, -0.25) is 4.55 Å². The van der Waals surface area contributed by atoms with Gasteiger partial charge in [-0.05, 0) is 12.1 Å². The van der Waals surface area contributed by atoms with Crippen molar-refractivity contribution in [3.05, 3.63) is 24.3 Å². The molecule has 0 radical (unpaired) electrons. The molecule has 1 aromatic carbocycles. The van der Waals surface area contributed by atoms with Crippen molar-refractivity contribution in [3.8, 4) is 23.8 Å². The molecule has 4 aromatic rings. The number of ether oxygens (including phenoxy) is 2. The summed E-state index contributed by atoms with van der Waals surface area (Å²) >= 11 is 0.673. The van der Waals surface area contributed by atoms with Crippen molar-refractivity contribution in [2.75, 3.05) is 84.8 Å². The summed E-state index contributed by atoms with van der Waals surface area (Å²) in [6.07, 6.45) is 0. The fourth-order valence-electron chi connectivity index (χ4n) is 4.00. The van der Waals surface area contributed by atoms with E-state index in [1.807, 2.05) is 0 Å². The van der Waals surface area contributed by atoms with Crippen LogP contribution in [0.25, 0.3) is 10.8 Å². The molecule has 0 unspecified atom stereocenters. The highest BCUT2D eigenvalue weighted by Crippen LogP contribution is 2.33. The summed E-state index contributed by atoms with van der Waals surface area (Å²) in [6.45, 7) is -1.10. The lowest BCUT2D eigenvalue weighted by molar-refractivity contribution is -0.432. The molecule has 8 N–H and O–H groups in total. The molecule has 0 saturated heterocycles. The summed E-state index contributed by atoms with van der Waals surface area (Å²) in [6, 6.07) is 5.94. The fraction of sp³-hybridized carbons (Fsp3) is 0.417. The molecular weight excluding hydrogens is 712 g/mol. The molecule has 0 atom stereocenters.